The molecule has 0 bridgehead atoms. The normalized spacial score (nSPS) is 10.4. The van der Waals surface area contributed by atoms with Gasteiger partial charge in [-0.2, -0.15) is 0 Å². The number of nitrogens with zero attached hydrogens (tertiary/aromatic N) is 1. The fourth-order valence-corrected chi connectivity index (χ4v) is 2.37. The Hall–Kier alpha value is -1.88. The number of benzene rings is 1. The summed E-state index contributed by atoms with van der Waals surface area (Å²) in [7, 11) is 0. The highest BCUT2D eigenvalue weighted by Crippen LogP contribution is 2.14. The summed E-state index contributed by atoms with van der Waals surface area (Å²) in [6.07, 6.45) is 0.674. The van der Waals surface area contributed by atoms with Crippen molar-refractivity contribution >= 4 is 17.3 Å². The molecule has 1 N–H and O–H groups in total. The van der Waals surface area contributed by atoms with Gasteiger partial charge in [0.1, 0.15) is 5.75 Å². The maximum atomic E-state index is 10.5. The predicted molar refractivity (Wildman–Crippen MR) is 73.8 cm³/mol. The molecule has 0 aliphatic rings. The van der Waals surface area contributed by atoms with Gasteiger partial charge in [0.05, 0.1) is 23.7 Å². The second kappa shape index (κ2) is 6.33. The quantitative estimate of drug-likeness (QED) is 0.882. The van der Waals surface area contributed by atoms with E-state index < -0.39 is 5.97 Å². The van der Waals surface area contributed by atoms with Crippen molar-refractivity contribution in [3.63, 3.8) is 0 Å². The van der Waals surface area contributed by atoms with E-state index in [1.165, 1.54) is 16.9 Å². The van der Waals surface area contributed by atoms with Crippen LogP contribution in [0.5, 0.6) is 5.75 Å². The number of aryl methyl sites for hydroxylation is 1. The maximum absolute atomic E-state index is 10.5. The van der Waals surface area contributed by atoms with Crippen LogP contribution in [0.3, 0.4) is 0 Å². The van der Waals surface area contributed by atoms with E-state index in [0.717, 1.165) is 10.8 Å². The van der Waals surface area contributed by atoms with Crippen LogP contribution in [0.25, 0.3) is 0 Å². The first-order valence-corrected chi connectivity index (χ1v) is 6.86. The topological polar surface area (TPSA) is 59.4 Å². The number of carbonyl (C=O) groups is 1. The Kier molecular flexibility index (Phi) is 4.52. The Labute approximate surface area is 115 Å². The Morgan fingerprint density at radius 2 is 2.11 bits per heavy atom. The number of hydrogen-bond donors (Lipinski definition) is 1. The fourth-order valence-electron chi connectivity index (χ4n) is 1.59. The summed E-state index contributed by atoms with van der Waals surface area (Å²) < 4.78 is 5.61. The Morgan fingerprint density at radius 3 is 2.79 bits per heavy atom. The molecule has 0 amide bonds. The van der Waals surface area contributed by atoms with Gasteiger partial charge in [0.2, 0.25) is 0 Å². The summed E-state index contributed by atoms with van der Waals surface area (Å²) in [6, 6.07) is 7.88. The average molecular weight is 277 g/mol. The summed E-state index contributed by atoms with van der Waals surface area (Å²) >= 11 is 1.47. The van der Waals surface area contributed by atoms with Crippen LogP contribution in [0.4, 0.5) is 0 Å². The molecule has 0 fully saturated rings. The predicted octanol–water partition coefficient (Wildman–Crippen LogP) is 2.70. The summed E-state index contributed by atoms with van der Waals surface area (Å²) in [4.78, 5) is 14.8. The number of rotatable bonds is 6. The summed E-state index contributed by atoms with van der Waals surface area (Å²) in [5, 5.41) is 11.4. The average Bonchev–Trinajstić information content (AvgIpc) is 2.78. The van der Waals surface area contributed by atoms with Crippen LogP contribution in [0.1, 0.15) is 16.3 Å². The van der Waals surface area contributed by atoms with E-state index in [4.69, 9.17) is 9.84 Å². The van der Waals surface area contributed by atoms with E-state index in [-0.39, 0.29) is 6.42 Å². The van der Waals surface area contributed by atoms with Gasteiger partial charge in [0.25, 0.3) is 0 Å². The first kappa shape index (κ1) is 13.5. The molecule has 1 aromatic heterocycles. The lowest BCUT2D eigenvalue weighted by atomic mass is 10.2. The highest BCUT2D eigenvalue weighted by molar-refractivity contribution is 7.09. The molecule has 0 atom stereocenters. The third-order valence-corrected chi connectivity index (χ3v) is 3.49. The molecule has 0 unspecified atom stereocenters. The first-order valence-electron chi connectivity index (χ1n) is 5.98. The van der Waals surface area contributed by atoms with Crippen LogP contribution in [-0.2, 0) is 17.6 Å². The van der Waals surface area contributed by atoms with Crippen molar-refractivity contribution in [2.24, 2.45) is 0 Å². The third kappa shape index (κ3) is 4.37. The zero-order valence-electron chi connectivity index (χ0n) is 10.6. The molecule has 0 spiro atoms. The molecule has 19 heavy (non-hydrogen) atoms. The van der Waals surface area contributed by atoms with Crippen LogP contribution in [-0.4, -0.2) is 22.7 Å². The van der Waals surface area contributed by atoms with E-state index in [1.54, 1.807) is 5.38 Å². The lowest BCUT2D eigenvalue weighted by Crippen LogP contribution is -2.03. The molecule has 2 aromatic rings. The van der Waals surface area contributed by atoms with Gasteiger partial charge in [-0.05, 0) is 19.1 Å². The Bertz CT molecular complexity index is 548. The standard InChI is InChI=1S/C14H15NO3S/c1-10-2-4-12(5-3-10)18-7-6-13-15-11(9-19-13)8-14(16)17/h2-5,9H,6-8H2,1H3,(H,16,17). The molecule has 1 heterocycles. The van der Waals surface area contributed by atoms with Gasteiger partial charge >= 0.3 is 5.97 Å². The van der Waals surface area contributed by atoms with Gasteiger partial charge in [-0.15, -0.1) is 11.3 Å². The number of ether oxygens (including phenoxy) is 1. The van der Waals surface area contributed by atoms with Crippen LogP contribution < -0.4 is 4.74 Å². The Morgan fingerprint density at radius 1 is 1.37 bits per heavy atom. The zero-order valence-corrected chi connectivity index (χ0v) is 11.4. The highest BCUT2D eigenvalue weighted by Gasteiger charge is 2.06. The van der Waals surface area contributed by atoms with Gasteiger partial charge in [-0.25, -0.2) is 4.98 Å². The molecule has 0 aliphatic carbocycles. The molecule has 100 valence electrons. The summed E-state index contributed by atoms with van der Waals surface area (Å²) in [5.74, 6) is -0.0133. The van der Waals surface area contributed by atoms with Crippen LogP contribution >= 0.6 is 11.3 Å². The highest BCUT2D eigenvalue weighted by atomic mass is 32.1. The third-order valence-electron chi connectivity index (χ3n) is 2.54. The van der Waals surface area contributed by atoms with Gasteiger partial charge in [0, 0.05) is 11.8 Å². The Balaban J connectivity index is 1.80. The molecule has 0 aliphatic heterocycles. The minimum atomic E-state index is -0.854. The smallest absolute Gasteiger partial charge is 0.309 e. The van der Waals surface area contributed by atoms with Crippen molar-refractivity contribution in [3.8, 4) is 5.75 Å². The fraction of sp³-hybridized carbons (Fsp3) is 0.286. The number of carboxylic acid groups (broad SMARTS) is 1. The molecule has 2 rings (SSSR count). The van der Waals surface area contributed by atoms with Crippen molar-refractivity contribution in [3.05, 3.63) is 45.9 Å². The number of carboxylic acids is 1. The molecule has 4 nitrogen and oxygen atoms in total. The van der Waals surface area contributed by atoms with Crippen molar-refractivity contribution in [2.45, 2.75) is 19.8 Å². The van der Waals surface area contributed by atoms with E-state index in [1.807, 2.05) is 31.2 Å². The minimum Gasteiger partial charge on any atom is -0.493 e. The molecule has 1 aromatic carbocycles. The molecule has 0 saturated carbocycles. The lowest BCUT2D eigenvalue weighted by Gasteiger charge is -2.04. The second-order valence-corrected chi connectivity index (χ2v) is 5.16. The van der Waals surface area contributed by atoms with E-state index in [0.29, 0.717) is 18.7 Å². The van der Waals surface area contributed by atoms with Crippen molar-refractivity contribution < 1.29 is 14.6 Å². The molecule has 5 heteroatoms. The van der Waals surface area contributed by atoms with E-state index >= 15 is 0 Å². The number of aromatic nitrogens is 1. The van der Waals surface area contributed by atoms with Gasteiger partial charge < -0.3 is 9.84 Å². The number of thiazole rings is 1. The monoisotopic (exact) mass is 277 g/mol. The number of hydrogen-bond acceptors (Lipinski definition) is 4. The van der Waals surface area contributed by atoms with Crippen LogP contribution in [0, 0.1) is 6.92 Å². The second-order valence-electron chi connectivity index (χ2n) is 4.21. The van der Waals surface area contributed by atoms with Crippen LogP contribution in [0.15, 0.2) is 29.6 Å². The number of aliphatic carboxylic acids is 1. The van der Waals surface area contributed by atoms with Gasteiger partial charge in [-0.3, -0.25) is 4.79 Å². The molecular weight excluding hydrogens is 262 g/mol. The SMILES string of the molecule is Cc1ccc(OCCc2nc(CC(=O)O)cs2)cc1. The van der Waals surface area contributed by atoms with Gasteiger partial charge in [-0.1, -0.05) is 17.7 Å². The van der Waals surface area contributed by atoms with Crippen LogP contribution in [0.2, 0.25) is 0 Å². The van der Waals surface area contributed by atoms with Gasteiger partial charge in [0.15, 0.2) is 0 Å². The van der Waals surface area contributed by atoms with Crippen molar-refractivity contribution in [1.82, 2.24) is 4.98 Å². The van der Waals surface area contributed by atoms with E-state index in [9.17, 15) is 4.79 Å². The zero-order chi connectivity index (χ0) is 13.7. The maximum Gasteiger partial charge on any atom is 0.309 e. The summed E-state index contributed by atoms with van der Waals surface area (Å²) in [6.45, 7) is 2.58. The van der Waals surface area contributed by atoms with Crippen molar-refractivity contribution in [2.75, 3.05) is 6.61 Å². The first-order chi connectivity index (χ1) is 9.13. The van der Waals surface area contributed by atoms with Crippen molar-refractivity contribution in [1.29, 1.82) is 0 Å². The molecule has 0 saturated heterocycles. The lowest BCUT2D eigenvalue weighted by molar-refractivity contribution is -0.136. The molecule has 0 radical (unpaired) electrons. The minimum absolute atomic E-state index is 0.0185. The molecular formula is C14H15NO3S. The summed E-state index contributed by atoms with van der Waals surface area (Å²) in [5.41, 5.74) is 1.81. The largest absolute Gasteiger partial charge is 0.493 e. The van der Waals surface area contributed by atoms with E-state index in [2.05, 4.69) is 4.98 Å².